The molecule has 0 bridgehead atoms. The molecule has 0 amide bonds. The molecule has 3 nitrogen and oxygen atoms in total. The number of ether oxygens (including phenoxy) is 2. The second-order valence-corrected chi connectivity index (χ2v) is 6.95. The van der Waals surface area contributed by atoms with Crippen LogP contribution in [0.25, 0.3) is 0 Å². The van der Waals surface area contributed by atoms with Gasteiger partial charge in [0.25, 0.3) is 0 Å². The van der Waals surface area contributed by atoms with Crippen molar-refractivity contribution in [3.63, 3.8) is 0 Å². The average Bonchev–Trinajstić information content (AvgIpc) is 2.72. The zero-order chi connectivity index (χ0) is 15.5. The molecule has 0 radical (unpaired) electrons. The molecule has 0 aliphatic heterocycles. The Labute approximate surface area is 132 Å². The van der Waals surface area contributed by atoms with Crippen molar-refractivity contribution in [1.82, 2.24) is 0 Å². The van der Waals surface area contributed by atoms with Gasteiger partial charge in [0.15, 0.2) is 0 Å². The summed E-state index contributed by atoms with van der Waals surface area (Å²) < 4.78 is 10.8. The number of rotatable bonds is 6. The SMILES string of the molecule is COCCCOc1cc(C2CCC(C)(C)C2N)ccc1Cl. The van der Waals surface area contributed by atoms with Gasteiger partial charge in [0.05, 0.1) is 11.6 Å². The summed E-state index contributed by atoms with van der Waals surface area (Å²) in [6, 6.07) is 6.23. The summed E-state index contributed by atoms with van der Waals surface area (Å²) >= 11 is 6.22. The normalized spacial score (nSPS) is 24.2. The van der Waals surface area contributed by atoms with Crippen molar-refractivity contribution in [2.24, 2.45) is 11.1 Å². The molecule has 0 spiro atoms. The molecule has 2 unspecified atom stereocenters. The first-order chi connectivity index (χ1) is 9.95. The zero-order valence-electron chi connectivity index (χ0n) is 13.2. The summed E-state index contributed by atoms with van der Waals surface area (Å²) in [6.07, 6.45) is 3.14. The molecule has 0 heterocycles. The maximum absolute atomic E-state index is 6.43. The molecule has 4 heteroatoms. The molecule has 0 saturated heterocycles. The summed E-state index contributed by atoms with van der Waals surface area (Å²) in [6.45, 7) is 5.80. The van der Waals surface area contributed by atoms with Gasteiger partial charge in [-0.25, -0.2) is 0 Å². The standard InChI is InChI=1S/C17H26ClNO2/c1-17(2)8-7-13(16(17)19)12-5-6-14(18)15(11-12)21-10-4-9-20-3/h5-6,11,13,16H,4,7-10,19H2,1-3H3. The van der Waals surface area contributed by atoms with E-state index in [1.807, 2.05) is 6.07 Å². The van der Waals surface area contributed by atoms with Crippen molar-refractivity contribution < 1.29 is 9.47 Å². The molecular formula is C17H26ClNO2. The molecule has 1 aliphatic carbocycles. The van der Waals surface area contributed by atoms with Gasteiger partial charge in [-0.3, -0.25) is 0 Å². The van der Waals surface area contributed by atoms with Crippen molar-refractivity contribution in [3.05, 3.63) is 28.8 Å². The maximum atomic E-state index is 6.43. The van der Waals surface area contributed by atoms with Crippen LogP contribution < -0.4 is 10.5 Å². The fraction of sp³-hybridized carbons (Fsp3) is 0.647. The number of halogens is 1. The highest BCUT2D eigenvalue weighted by Gasteiger charge is 2.40. The number of hydrogen-bond acceptors (Lipinski definition) is 3. The smallest absolute Gasteiger partial charge is 0.138 e. The van der Waals surface area contributed by atoms with Gasteiger partial charge in [0.2, 0.25) is 0 Å². The lowest BCUT2D eigenvalue weighted by atomic mass is 9.83. The summed E-state index contributed by atoms with van der Waals surface area (Å²) in [5.41, 5.74) is 7.86. The van der Waals surface area contributed by atoms with E-state index in [0.29, 0.717) is 24.2 Å². The second-order valence-electron chi connectivity index (χ2n) is 6.54. The van der Waals surface area contributed by atoms with Crippen LogP contribution in [0, 0.1) is 5.41 Å². The third-order valence-electron chi connectivity index (χ3n) is 4.57. The van der Waals surface area contributed by atoms with Crippen molar-refractivity contribution in [2.75, 3.05) is 20.3 Å². The Balaban J connectivity index is 2.08. The highest BCUT2D eigenvalue weighted by Crippen LogP contribution is 2.46. The minimum Gasteiger partial charge on any atom is -0.492 e. The summed E-state index contributed by atoms with van der Waals surface area (Å²) in [4.78, 5) is 0. The van der Waals surface area contributed by atoms with Gasteiger partial charge >= 0.3 is 0 Å². The fourth-order valence-electron chi connectivity index (χ4n) is 3.04. The minimum atomic E-state index is 0.181. The third-order valence-corrected chi connectivity index (χ3v) is 4.88. The van der Waals surface area contributed by atoms with Gasteiger partial charge in [0, 0.05) is 26.2 Å². The van der Waals surface area contributed by atoms with Gasteiger partial charge in [-0.15, -0.1) is 0 Å². The predicted octanol–water partition coefficient (Wildman–Crippen LogP) is 3.99. The quantitative estimate of drug-likeness (QED) is 0.808. The van der Waals surface area contributed by atoms with Crippen LogP contribution in [0.1, 0.15) is 44.6 Å². The Bertz CT molecular complexity index is 476. The van der Waals surface area contributed by atoms with E-state index < -0.39 is 0 Å². The highest BCUT2D eigenvalue weighted by molar-refractivity contribution is 6.32. The van der Waals surface area contributed by atoms with Crippen LogP contribution in [0.3, 0.4) is 0 Å². The summed E-state index contributed by atoms with van der Waals surface area (Å²) in [7, 11) is 1.69. The van der Waals surface area contributed by atoms with Crippen LogP contribution in [0.15, 0.2) is 18.2 Å². The molecule has 0 aromatic heterocycles. The first-order valence-corrected chi connectivity index (χ1v) is 8.00. The van der Waals surface area contributed by atoms with Gasteiger partial charge < -0.3 is 15.2 Å². The van der Waals surface area contributed by atoms with Crippen molar-refractivity contribution in [1.29, 1.82) is 0 Å². The fourth-order valence-corrected chi connectivity index (χ4v) is 3.21. The molecule has 1 fully saturated rings. The van der Waals surface area contributed by atoms with E-state index in [1.54, 1.807) is 7.11 Å². The lowest BCUT2D eigenvalue weighted by Crippen LogP contribution is -2.35. The largest absolute Gasteiger partial charge is 0.492 e. The van der Waals surface area contributed by atoms with Gasteiger partial charge in [-0.2, -0.15) is 0 Å². The van der Waals surface area contributed by atoms with Crippen LogP contribution in [-0.2, 0) is 4.74 Å². The molecule has 2 rings (SSSR count). The molecule has 118 valence electrons. The van der Waals surface area contributed by atoms with Crippen molar-refractivity contribution in [3.8, 4) is 5.75 Å². The van der Waals surface area contributed by atoms with Crippen LogP contribution in [0.5, 0.6) is 5.75 Å². The molecule has 1 aromatic rings. The van der Waals surface area contributed by atoms with Crippen LogP contribution in [0.4, 0.5) is 0 Å². The summed E-state index contributed by atoms with van der Waals surface area (Å²) in [5, 5.41) is 0.655. The van der Waals surface area contributed by atoms with Gasteiger partial charge in [-0.05, 0) is 41.9 Å². The second kappa shape index (κ2) is 6.99. The molecule has 1 aromatic carbocycles. The number of nitrogens with two attached hydrogens (primary N) is 1. The lowest BCUT2D eigenvalue weighted by molar-refractivity contribution is 0.172. The Morgan fingerprint density at radius 1 is 1.33 bits per heavy atom. The number of methoxy groups -OCH3 is 1. The first-order valence-electron chi connectivity index (χ1n) is 7.62. The Hall–Kier alpha value is -0.770. The van der Waals surface area contributed by atoms with E-state index in [-0.39, 0.29) is 11.5 Å². The van der Waals surface area contributed by atoms with E-state index in [2.05, 4.69) is 26.0 Å². The topological polar surface area (TPSA) is 44.5 Å². The molecular weight excluding hydrogens is 286 g/mol. The number of hydrogen-bond donors (Lipinski definition) is 1. The zero-order valence-corrected chi connectivity index (χ0v) is 14.0. The molecule has 2 N–H and O–H groups in total. The van der Waals surface area contributed by atoms with Crippen molar-refractivity contribution in [2.45, 2.75) is 45.1 Å². The van der Waals surface area contributed by atoms with Gasteiger partial charge in [0.1, 0.15) is 5.75 Å². The monoisotopic (exact) mass is 311 g/mol. The van der Waals surface area contributed by atoms with Crippen LogP contribution >= 0.6 is 11.6 Å². The Kier molecular flexibility index (Phi) is 5.53. The van der Waals surface area contributed by atoms with E-state index in [9.17, 15) is 0 Å². The maximum Gasteiger partial charge on any atom is 0.138 e. The lowest BCUT2D eigenvalue weighted by Gasteiger charge is -2.27. The minimum absolute atomic E-state index is 0.181. The predicted molar refractivity (Wildman–Crippen MR) is 87.2 cm³/mol. The number of benzene rings is 1. The summed E-state index contributed by atoms with van der Waals surface area (Å²) in [5.74, 6) is 1.14. The highest BCUT2D eigenvalue weighted by atomic mass is 35.5. The third kappa shape index (κ3) is 3.91. The Morgan fingerprint density at radius 3 is 2.71 bits per heavy atom. The molecule has 1 aliphatic rings. The van der Waals surface area contributed by atoms with Crippen molar-refractivity contribution >= 4 is 11.6 Å². The van der Waals surface area contributed by atoms with E-state index in [4.69, 9.17) is 26.8 Å². The van der Waals surface area contributed by atoms with Crippen LogP contribution in [0.2, 0.25) is 5.02 Å². The molecule has 2 atom stereocenters. The average molecular weight is 312 g/mol. The van der Waals surface area contributed by atoms with E-state index in [0.717, 1.165) is 25.0 Å². The molecule has 1 saturated carbocycles. The van der Waals surface area contributed by atoms with Gasteiger partial charge in [-0.1, -0.05) is 31.5 Å². The van der Waals surface area contributed by atoms with E-state index in [1.165, 1.54) is 5.56 Å². The Morgan fingerprint density at radius 2 is 2.10 bits per heavy atom. The van der Waals surface area contributed by atoms with E-state index >= 15 is 0 Å². The van der Waals surface area contributed by atoms with Crippen LogP contribution in [-0.4, -0.2) is 26.4 Å². The molecule has 21 heavy (non-hydrogen) atoms. The first kappa shape index (κ1) is 16.6.